The summed E-state index contributed by atoms with van der Waals surface area (Å²) >= 11 is 8.45. The van der Waals surface area contributed by atoms with Gasteiger partial charge in [-0.1, -0.05) is 15.9 Å². The summed E-state index contributed by atoms with van der Waals surface area (Å²) in [4.78, 5) is 19.9. The number of carbonyl (C=O) groups excluding carboxylic acids is 1. The van der Waals surface area contributed by atoms with Crippen LogP contribution in [-0.4, -0.2) is 50.2 Å². The van der Waals surface area contributed by atoms with Crippen molar-refractivity contribution in [2.75, 3.05) is 30.9 Å². The van der Waals surface area contributed by atoms with E-state index in [1.165, 1.54) is 44.6 Å². The third kappa shape index (κ3) is 7.77. The van der Waals surface area contributed by atoms with E-state index in [9.17, 15) is 13.2 Å². The van der Waals surface area contributed by atoms with Gasteiger partial charge in [0.2, 0.25) is 5.88 Å². The quantitative estimate of drug-likeness (QED) is 0.323. The monoisotopic (exact) mass is 581 g/mol. The molecule has 3 rings (SSSR count). The van der Waals surface area contributed by atoms with Crippen molar-refractivity contribution in [1.82, 2.24) is 15.3 Å². The molecule has 0 saturated carbocycles. The topological polar surface area (TPSA) is 141 Å². The fourth-order valence-electron chi connectivity index (χ4n) is 2.57. The van der Waals surface area contributed by atoms with Crippen LogP contribution in [0, 0.1) is 0 Å². The van der Waals surface area contributed by atoms with Crippen molar-refractivity contribution in [3.8, 4) is 17.6 Å². The van der Waals surface area contributed by atoms with Crippen LogP contribution < -0.4 is 29.6 Å². The lowest BCUT2D eigenvalue weighted by Crippen LogP contribution is -2.37. The zero-order valence-corrected chi connectivity index (χ0v) is 21.7. The average molecular weight is 582 g/mol. The molecule has 0 bridgehead atoms. The van der Waals surface area contributed by atoms with Crippen LogP contribution in [0.15, 0.2) is 64.0 Å². The fraction of sp³-hybridized carbons (Fsp3) is 0.143. The van der Waals surface area contributed by atoms with Crippen LogP contribution in [0.2, 0.25) is 0 Å². The molecule has 1 heterocycles. The Morgan fingerprint density at radius 1 is 1.03 bits per heavy atom. The number of sulfonamides is 1. The maximum Gasteiger partial charge on any atom is 0.321 e. The maximum absolute atomic E-state index is 12.7. The summed E-state index contributed by atoms with van der Waals surface area (Å²) in [5.74, 6) is 0.188. The molecule has 35 heavy (non-hydrogen) atoms. The number of nitrogens with zero attached hydrogens (tertiary/aromatic N) is 2. The Hall–Kier alpha value is -3.49. The Kier molecular flexibility index (Phi) is 8.78. The summed E-state index contributed by atoms with van der Waals surface area (Å²) in [6, 6.07) is 14.0. The molecule has 184 valence electrons. The van der Waals surface area contributed by atoms with Gasteiger partial charge in [0.1, 0.15) is 5.75 Å². The Bertz CT molecular complexity index is 1280. The SMILES string of the molecule is COc1cc(NS(=O)(=O)c2ccc(NC(=S)NC(=O)COc3ccc(Br)cc3)cc2)nc(OC)n1. The molecule has 14 heteroatoms. The molecule has 0 radical (unpaired) electrons. The molecule has 0 saturated heterocycles. The summed E-state index contributed by atoms with van der Waals surface area (Å²) in [5, 5.41) is 5.32. The maximum atomic E-state index is 12.7. The van der Waals surface area contributed by atoms with Gasteiger partial charge in [-0.15, -0.1) is 0 Å². The molecule has 1 aromatic heterocycles. The van der Waals surface area contributed by atoms with E-state index < -0.39 is 15.9 Å². The summed E-state index contributed by atoms with van der Waals surface area (Å²) in [5.41, 5.74) is 0.466. The van der Waals surface area contributed by atoms with Crippen LogP contribution in [-0.2, 0) is 14.8 Å². The first-order valence-corrected chi connectivity index (χ1v) is 12.5. The van der Waals surface area contributed by atoms with E-state index in [4.69, 9.17) is 26.4 Å². The number of hydrogen-bond donors (Lipinski definition) is 3. The van der Waals surface area contributed by atoms with Gasteiger partial charge in [0.15, 0.2) is 17.5 Å². The largest absolute Gasteiger partial charge is 0.484 e. The molecule has 0 aliphatic heterocycles. The summed E-state index contributed by atoms with van der Waals surface area (Å²) < 4.78 is 44.0. The van der Waals surface area contributed by atoms with Gasteiger partial charge in [0.05, 0.1) is 19.1 Å². The van der Waals surface area contributed by atoms with Gasteiger partial charge < -0.3 is 19.5 Å². The Morgan fingerprint density at radius 2 is 1.71 bits per heavy atom. The van der Waals surface area contributed by atoms with Crippen LogP contribution in [0.4, 0.5) is 11.5 Å². The predicted octanol–water partition coefficient (Wildman–Crippen LogP) is 2.95. The van der Waals surface area contributed by atoms with Crippen LogP contribution in [0.1, 0.15) is 0 Å². The standard InChI is InChI=1S/C21H20BrN5O6S2/c1-31-19-11-17(24-20(26-19)32-2)27-35(29,30)16-9-5-14(6-10-16)23-21(34)25-18(28)12-33-15-7-3-13(22)4-8-15/h3-11H,12H2,1-2H3,(H,24,26,27)(H2,23,25,28,34). The summed E-state index contributed by atoms with van der Waals surface area (Å²) in [7, 11) is -1.23. The number of halogens is 1. The molecule has 1 amide bonds. The first kappa shape index (κ1) is 26.1. The van der Waals surface area contributed by atoms with E-state index in [1.807, 2.05) is 0 Å². The number of ether oxygens (including phenoxy) is 3. The van der Waals surface area contributed by atoms with E-state index in [0.29, 0.717) is 11.4 Å². The van der Waals surface area contributed by atoms with Gasteiger partial charge in [0, 0.05) is 16.2 Å². The van der Waals surface area contributed by atoms with Crippen LogP contribution >= 0.6 is 28.1 Å². The Labute approximate surface area is 215 Å². The number of benzene rings is 2. The normalized spacial score (nSPS) is 10.7. The van der Waals surface area contributed by atoms with Crippen molar-refractivity contribution in [3.63, 3.8) is 0 Å². The third-order valence-corrected chi connectivity index (χ3v) is 6.28. The number of amides is 1. The van der Waals surface area contributed by atoms with Crippen molar-refractivity contribution in [1.29, 1.82) is 0 Å². The average Bonchev–Trinajstić information content (AvgIpc) is 2.83. The van der Waals surface area contributed by atoms with Crippen LogP contribution in [0.5, 0.6) is 17.6 Å². The highest BCUT2D eigenvalue weighted by atomic mass is 79.9. The first-order valence-electron chi connectivity index (χ1n) is 9.77. The number of anilines is 2. The Balaban J connectivity index is 1.56. The van der Waals surface area contributed by atoms with Crippen molar-refractivity contribution in [2.24, 2.45) is 0 Å². The van der Waals surface area contributed by atoms with Crippen molar-refractivity contribution in [2.45, 2.75) is 4.90 Å². The fourth-order valence-corrected chi connectivity index (χ4v) is 4.06. The zero-order valence-electron chi connectivity index (χ0n) is 18.4. The third-order valence-electron chi connectivity index (χ3n) is 4.17. The molecule has 0 unspecified atom stereocenters. The molecule has 2 aromatic carbocycles. The number of hydrogen-bond acceptors (Lipinski definition) is 9. The summed E-state index contributed by atoms with van der Waals surface area (Å²) in [6.07, 6.45) is 0. The number of rotatable bonds is 9. The highest BCUT2D eigenvalue weighted by molar-refractivity contribution is 9.10. The molecule has 11 nitrogen and oxygen atoms in total. The van der Waals surface area contributed by atoms with E-state index in [1.54, 1.807) is 24.3 Å². The van der Waals surface area contributed by atoms with E-state index in [2.05, 4.69) is 41.3 Å². The molecule has 0 atom stereocenters. The molecular weight excluding hydrogens is 562 g/mol. The second-order valence-corrected chi connectivity index (χ2v) is 9.66. The van der Waals surface area contributed by atoms with Crippen molar-refractivity contribution >= 4 is 60.7 Å². The molecule has 3 N–H and O–H groups in total. The van der Waals surface area contributed by atoms with Crippen LogP contribution in [0.25, 0.3) is 0 Å². The second kappa shape index (κ2) is 11.8. The minimum Gasteiger partial charge on any atom is -0.484 e. The van der Waals surface area contributed by atoms with Crippen molar-refractivity contribution < 1.29 is 27.4 Å². The van der Waals surface area contributed by atoms with Gasteiger partial charge in [-0.05, 0) is 60.7 Å². The van der Waals surface area contributed by atoms with E-state index in [-0.39, 0.29) is 34.3 Å². The van der Waals surface area contributed by atoms with Crippen molar-refractivity contribution in [3.05, 3.63) is 59.1 Å². The second-order valence-electron chi connectivity index (χ2n) is 6.66. The van der Waals surface area contributed by atoms with Crippen LogP contribution in [0.3, 0.4) is 0 Å². The van der Waals surface area contributed by atoms with Gasteiger partial charge in [-0.2, -0.15) is 9.97 Å². The minimum absolute atomic E-state index is 0.0230. The van der Waals surface area contributed by atoms with Gasteiger partial charge in [-0.25, -0.2) is 8.42 Å². The smallest absolute Gasteiger partial charge is 0.321 e. The number of methoxy groups -OCH3 is 2. The number of thiocarbonyl (C=S) groups is 1. The molecule has 0 spiro atoms. The minimum atomic E-state index is -3.97. The van der Waals surface area contributed by atoms with Gasteiger partial charge in [-0.3, -0.25) is 14.8 Å². The van der Waals surface area contributed by atoms with Gasteiger partial charge in [0.25, 0.3) is 15.9 Å². The number of aromatic nitrogens is 2. The zero-order chi connectivity index (χ0) is 25.4. The molecule has 0 aliphatic carbocycles. The highest BCUT2D eigenvalue weighted by Gasteiger charge is 2.17. The molecular formula is C21H20BrN5O6S2. The predicted molar refractivity (Wildman–Crippen MR) is 136 cm³/mol. The van der Waals surface area contributed by atoms with E-state index >= 15 is 0 Å². The van der Waals surface area contributed by atoms with E-state index in [0.717, 1.165) is 4.47 Å². The number of carbonyl (C=O) groups is 1. The Morgan fingerprint density at radius 3 is 2.34 bits per heavy atom. The number of nitrogens with one attached hydrogen (secondary N) is 3. The lowest BCUT2D eigenvalue weighted by molar-refractivity contribution is -0.121. The lowest BCUT2D eigenvalue weighted by Gasteiger charge is -2.12. The molecule has 3 aromatic rings. The summed E-state index contributed by atoms with van der Waals surface area (Å²) in [6.45, 7) is -0.231. The first-order chi connectivity index (χ1) is 16.7. The molecule has 0 fully saturated rings. The highest BCUT2D eigenvalue weighted by Crippen LogP contribution is 2.21. The molecule has 0 aliphatic rings. The lowest BCUT2D eigenvalue weighted by atomic mass is 10.3. The van der Waals surface area contributed by atoms with Gasteiger partial charge >= 0.3 is 6.01 Å².